The molecule has 15 aromatic rings. The molecule has 6 heterocycles. The van der Waals surface area contributed by atoms with E-state index in [2.05, 4.69) is 211 Å². The molecule has 15 rings (SSSR count). The number of nitrogens with zero attached hydrogens (tertiary/aromatic N) is 6. The van der Waals surface area contributed by atoms with Crippen molar-refractivity contribution in [1.29, 1.82) is 0 Å². The molecule has 0 radical (unpaired) electrons. The van der Waals surface area contributed by atoms with Crippen LogP contribution in [0, 0.1) is 26.8 Å². The maximum absolute atomic E-state index is 6.97. The van der Waals surface area contributed by atoms with Crippen molar-refractivity contribution in [3.05, 3.63) is 235 Å². The summed E-state index contributed by atoms with van der Waals surface area (Å²) < 4.78 is 11.5. The average Bonchev–Trinajstić information content (AvgIpc) is 4.33. The number of para-hydroxylation sites is 3. The van der Waals surface area contributed by atoms with Gasteiger partial charge in [-0.1, -0.05) is 150 Å². The van der Waals surface area contributed by atoms with Gasteiger partial charge < -0.3 is 14.0 Å². The van der Waals surface area contributed by atoms with Gasteiger partial charge in [0.2, 0.25) is 0 Å². The first-order chi connectivity index (χ1) is 36.9. The Hall–Kier alpha value is -9.16. The summed E-state index contributed by atoms with van der Waals surface area (Å²) in [6.45, 7) is 6.59. The fraction of sp³-hybridized carbons (Fsp3) is 0.0441. The minimum Gasteiger partial charge on any atom is -0.656 e. The van der Waals surface area contributed by atoms with Crippen LogP contribution >= 0.6 is 0 Å². The van der Waals surface area contributed by atoms with Crippen LogP contribution in [0.1, 0.15) is 16.7 Å². The molecule has 9 aromatic carbocycles. The molecule has 0 atom stereocenters. The molecule has 8 heteroatoms. The van der Waals surface area contributed by atoms with Crippen LogP contribution < -0.4 is 4.98 Å². The number of rotatable bonds is 7. The van der Waals surface area contributed by atoms with Gasteiger partial charge in [0.25, 0.3) is 0 Å². The van der Waals surface area contributed by atoms with E-state index >= 15 is 0 Å². The molecule has 76 heavy (non-hydrogen) atoms. The van der Waals surface area contributed by atoms with Crippen LogP contribution in [0.5, 0.6) is 0 Å². The van der Waals surface area contributed by atoms with Gasteiger partial charge in [-0.05, 0) is 135 Å². The zero-order valence-corrected chi connectivity index (χ0v) is 43.9. The van der Waals surface area contributed by atoms with Gasteiger partial charge in [-0.25, -0.2) is 9.97 Å². The van der Waals surface area contributed by atoms with E-state index in [0.29, 0.717) is 0 Å². The van der Waals surface area contributed by atoms with Crippen LogP contribution in [0.25, 0.3) is 144 Å². The molecule has 0 fully saturated rings. The van der Waals surface area contributed by atoms with Gasteiger partial charge >= 0.3 is 21.1 Å². The topological polar surface area (TPSA) is 75.8 Å². The molecule has 0 unspecified atom stereocenters. The standard InChI is InChI=1S/C68H44N6O.Pt/c1-40-34-41(2)62(42(3)35-40)47-25-27-58-55(36-47)50-26-24-46(37-59(50)74(58)61-38-45(30-33-70-61)43-28-31-69-32-29-43)54-39-56-51-18-10-11-23-60(51)75-67(56)66-65(54)72-68(73(66)48-16-8-5-9-17-48)53-21-12-20-52-63-49(44-14-6-4-7-15-44)19-13-22-57(63)71-64(52)53;/h4-36,38-39H,1-3H3;/q-2;+2. The van der Waals surface area contributed by atoms with Gasteiger partial charge in [0, 0.05) is 46.1 Å². The second-order valence-electron chi connectivity index (χ2n) is 19.7. The van der Waals surface area contributed by atoms with Gasteiger partial charge in [-0.15, -0.1) is 34.8 Å². The number of furan rings is 1. The average molecular weight is 1160 g/mol. The summed E-state index contributed by atoms with van der Waals surface area (Å²) in [6, 6.07) is 72.7. The molecule has 0 saturated carbocycles. The molecule has 0 aliphatic rings. The van der Waals surface area contributed by atoms with Crippen molar-refractivity contribution in [2.45, 2.75) is 20.8 Å². The van der Waals surface area contributed by atoms with Gasteiger partial charge in [-0.2, -0.15) is 0 Å². The first-order valence-electron chi connectivity index (χ1n) is 25.4. The molecule has 0 spiro atoms. The fourth-order valence-corrected chi connectivity index (χ4v) is 12.0. The number of imidazole rings is 1. The molecule has 0 aliphatic heterocycles. The zero-order valence-electron chi connectivity index (χ0n) is 41.6. The van der Waals surface area contributed by atoms with Crippen LogP contribution in [-0.2, 0) is 21.1 Å². The Morgan fingerprint density at radius 1 is 0.526 bits per heavy atom. The summed E-state index contributed by atoms with van der Waals surface area (Å²) >= 11 is 0. The van der Waals surface area contributed by atoms with Gasteiger partial charge in [0.1, 0.15) is 22.7 Å². The molecular weight excluding hydrogens is 1110 g/mol. The molecule has 7 nitrogen and oxygen atoms in total. The molecule has 0 bridgehead atoms. The van der Waals surface area contributed by atoms with E-state index in [0.717, 1.165) is 133 Å². The van der Waals surface area contributed by atoms with Crippen molar-refractivity contribution in [1.82, 2.24) is 29.1 Å². The van der Waals surface area contributed by atoms with Crippen molar-refractivity contribution in [2.24, 2.45) is 0 Å². The summed E-state index contributed by atoms with van der Waals surface area (Å²) in [6.07, 6.45) is 5.56. The molecule has 0 aliphatic carbocycles. The molecular formula is C68H44N6OPt. The Morgan fingerprint density at radius 3 is 2.09 bits per heavy atom. The largest absolute Gasteiger partial charge is 2.00 e. The Labute approximate surface area is 452 Å². The summed E-state index contributed by atoms with van der Waals surface area (Å²) in [7, 11) is 0. The minimum absolute atomic E-state index is 0. The monoisotopic (exact) mass is 1160 g/mol. The van der Waals surface area contributed by atoms with Crippen LogP contribution in [-0.4, -0.2) is 24.1 Å². The van der Waals surface area contributed by atoms with Crippen molar-refractivity contribution in [3.63, 3.8) is 0 Å². The van der Waals surface area contributed by atoms with E-state index in [1.165, 1.54) is 27.8 Å². The Kier molecular flexibility index (Phi) is 10.6. The predicted molar refractivity (Wildman–Crippen MR) is 307 cm³/mol. The first-order valence-corrected chi connectivity index (χ1v) is 25.4. The summed E-state index contributed by atoms with van der Waals surface area (Å²) in [5, 5.41) is 6.42. The Bertz CT molecular complexity index is 4770. The van der Waals surface area contributed by atoms with E-state index in [4.69, 9.17) is 19.4 Å². The van der Waals surface area contributed by atoms with Crippen molar-refractivity contribution < 1.29 is 25.5 Å². The van der Waals surface area contributed by atoms with Crippen LogP contribution in [0.3, 0.4) is 0 Å². The van der Waals surface area contributed by atoms with Gasteiger partial charge in [0.15, 0.2) is 5.58 Å². The molecule has 0 N–H and O–H groups in total. The molecule has 0 amide bonds. The molecule has 0 saturated heterocycles. The third kappa shape index (κ3) is 7.03. The third-order valence-electron chi connectivity index (χ3n) is 15.1. The number of fused-ring (bicyclic) bond motifs is 11. The van der Waals surface area contributed by atoms with Gasteiger partial charge in [0.05, 0.1) is 5.52 Å². The first kappa shape index (κ1) is 45.5. The summed E-state index contributed by atoms with van der Waals surface area (Å²) in [5.41, 5.74) is 21.3. The number of hydrogen-bond donors (Lipinski definition) is 0. The summed E-state index contributed by atoms with van der Waals surface area (Å²) in [5.74, 6) is 1.56. The number of aromatic nitrogens is 6. The second kappa shape index (κ2) is 17.8. The van der Waals surface area contributed by atoms with Crippen LogP contribution in [0.2, 0.25) is 0 Å². The number of pyridine rings is 2. The van der Waals surface area contributed by atoms with E-state index in [1.54, 1.807) is 0 Å². The summed E-state index contributed by atoms with van der Waals surface area (Å²) in [4.78, 5) is 20.6. The number of hydrogen-bond acceptors (Lipinski definition) is 4. The zero-order chi connectivity index (χ0) is 49.9. The minimum atomic E-state index is 0. The Balaban J connectivity index is 0.00000528. The SMILES string of the molecule is Cc1cc(C)c(-c2ccc3c(c2)c2ccc(-c4cc5c6ccccc6oc5c5c4nc(-c4cccc6c4[n-]c4cccc(-c7ccccc7)c46)n5-c4ccccc4)[c-]c2n3-c2cc(-c3ccncc3)ccn2)c(C)c1.[Pt+2]. The van der Waals surface area contributed by atoms with E-state index in [9.17, 15) is 0 Å². The van der Waals surface area contributed by atoms with Crippen LogP contribution in [0.15, 0.2) is 217 Å². The van der Waals surface area contributed by atoms with Gasteiger partial charge in [-0.3, -0.25) is 9.55 Å². The number of aryl methyl sites for hydroxylation is 3. The van der Waals surface area contributed by atoms with Crippen molar-refractivity contribution in [3.8, 4) is 67.4 Å². The maximum Gasteiger partial charge on any atom is 2.00 e. The van der Waals surface area contributed by atoms with Crippen LogP contribution in [0.4, 0.5) is 0 Å². The van der Waals surface area contributed by atoms with Crippen molar-refractivity contribution >= 4 is 76.6 Å². The molecule has 6 aromatic heterocycles. The van der Waals surface area contributed by atoms with Crippen molar-refractivity contribution in [2.75, 3.05) is 0 Å². The normalized spacial score (nSPS) is 11.8. The quantitative estimate of drug-likeness (QED) is 0.149. The Morgan fingerprint density at radius 2 is 1.26 bits per heavy atom. The smallest absolute Gasteiger partial charge is 0.656 e. The molecule has 362 valence electrons. The number of benzene rings is 9. The van der Waals surface area contributed by atoms with E-state index < -0.39 is 0 Å². The maximum atomic E-state index is 6.97. The van der Waals surface area contributed by atoms with E-state index in [-0.39, 0.29) is 21.1 Å². The second-order valence-corrected chi connectivity index (χ2v) is 19.7. The van der Waals surface area contributed by atoms with E-state index in [1.807, 2.05) is 42.9 Å². The third-order valence-corrected chi connectivity index (χ3v) is 15.1. The predicted octanol–water partition coefficient (Wildman–Crippen LogP) is 17.1. The fourth-order valence-electron chi connectivity index (χ4n) is 12.0.